The molecule has 2 aromatic rings. The second kappa shape index (κ2) is 6.05. The molecular weight excluding hydrogens is 292 g/mol. The Labute approximate surface area is 135 Å². The molecule has 0 radical (unpaired) electrons. The van der Waals surface area contributed by atoms with Crippen molar-refractivity contribution in [1.82, 2.24) is 0 Å². The van der Waals surface area contributed by atoms with E-state index in [2.05, 4.69) is 0 Å². The van der Waals surface area contributed by atoms with Crippen molar-refractivity contribution in [1.29, 1.82) is 0 Å². The van der Waals surface area contributed by atoms with Gasteiger partial charge < -0.3 is 14.6 Å². The number of aliphatic carboxylic acids is 1. The minimum atomic E-state index is -1.36. The number of aryl methyl sites for hydroxylation is 1. The first-order valence-electron chi connectivity index (χ1n) is 7.64. The summed E-state index contributed by atoms with van der Waals surface area (Å²) in [5.41, 5.74) is 1.30. The van der Waals surface area contributed by atoms with Crippen LogP contribution in [0.3, 0.4) is 0 Å². The van der Waals surface area contributed by atoms with Crippen LogP contribution in [0, 0.1) is 6.92 Å². The number of methoxy groups -OCH3 is 1. The molecule has 0 spiro atoms. The van der Waals surface area contributed by atoms with Crippen molar-refractivity contribution in [3.63, 3.8) is 0 Å². The second-order valence-electron chi connectivity index (χ2n) is 5.96. The molecule has 2 unspecified atom stereocenters. The minimum absolute atomic E-state index is 0.0533. The topological polar surface area (TPSA) is 55.8 Å². The summed E-state index contributed by atoms with van der Waals surface area (Å²) in [5.74, 6) is -0.371. The number of hydrogen-bond acceptors (Lipinski definition) is 3. The molecule has 0 amide bonds. The van der Waals surface area contributed by atoms with Crippen LogP contribution in [0.25, 0.3) is 0 Å². The Morgan fingerprint density at radius 3 is 2.65 bits per heavy atom. The van der Waals surface area contributed by atoms with Gasteiger partial charge in [0.25, 0.3) is 0 Å². The van der Waals surface area contributed by atoms with Crippen molar-refractivity contribution in [3.05, 3.63) is 65.2 Å². The third-order valence-corrected chi connectivity index (χ3v) is 4.47. The molecule has 1 fully saturated rings. The Morgan fingerprint density at radius 1 is 1.26 bits per heavy atom. The smallest absolute Gasteiger partial charge is 0.340 e. The van der Waals surface area contributed by atoms with Gasteiger partial charge in [0.1, 0.15) is 5.75 Å². The fraction of sp³-hybridized carbons (Fsp3) is 0.316. The first-order chi connectivity index (χ1) is 11.1. The lowest BCUT2D eigenvalue weighted by Gasteiger charge is -2.26. The maximum Gasteiger partial charge on any atom is 0.340 e. The molecule has 0 saturated carbocycles. The molecule has 1 N–H and O–H groups in total. The van der Waals surface area contributed by atoms with E-state index in [0.29, 0.717) is 24.3 Å². The van der Waals surface area contributed by atoms with Gasteiger partial charge in [0, 0.05) is 17.9 Å². The summed E-state index contributed by atoms with van der Waals surface area (Å²) in [6.07, 6.45) is 0.395. The van der Waals surface area contributed by atoms with Crippen molar-refractivity contribution in [2.75, 3.05) is 13.7 Å². The van der Waals surface area contributed by atoms with Crippen LogP contribution in [0.2, 0.25) is 0 Å². The van der Waals surface area contributed by atoms with E-state index in [1.165, 1.54) is 0 Å². The predicted molar refractivity (Wildman–Crippen MR) is 86.8 cm³/mol. The van der Waals surface area contributed by atoms with Crippen LogP contribution in [0.15, 0.2) is 48.5 Å². The molecule has 4 heteroatoms. The van der Waals surface area contributed by atoms with Crippen LogP contribution in [-0.4, -0.2) is 24.8 Å². The van der Waals surface area contributed by atoms with Gasteiger partial charge in [-0.2, -0.15) is 0 Å². The molecule has 1 saturated heterocycles. The van der Waals surface area contributed by atoms with Gasteiger partial charge in [-0.3, -0.25) is 0 Å². The van der Waals surface area contributed by atoms with Crippen LogP contribution in [-0.2, 0) is 15.1 Å². The fourth-order valence-electron chi connectivity index (χ4n) is 3.24. The number of carboxylic acids is 1. The van der Waals surface area contributed by atoms with E-state index in [4.69, 9.17) is 9.47 Å². The van der Waals surface area contributed by atoms with Crippen LogP contribution in [0.1, 0.15) is 29.0 Å². The van der Waals surface area contributed by atoms with E-state index in [0.717, 1.165) is 11.1 Å². The highest BCUT2D eigenvalue weighted by molar-refractivity contribution is 5.81. The quantitative estimate of drug-likeness (QED) is 0.939. The van der Waals surface area contributed by atoms with E-state index in [9.17, 15) is 9.90 Å². The van der Waals surface area contributed by atoms with Gasteiger partial charge in [0.05, 0.1) is 13.7 Å². The lowest BCUT2D eigenvalue weighted by Crippen LogP contribution is -2.35. The average molecular weight is 312 g/mol. The second-order valence-corrected chi connectivity index (χ2v) is 5.96. The van der Waals surface area contributed by atoms with Crippen LogP contribution >= 0.6 is 0 Å². The van der Waals surface area contributed by atoms with Crippen molar-refractivity contribution < 1.29 is 19.4 Å². The van der Waals surface area contributed by atoms with Crippen molar-refractivity contribution >= 4 is 5.97 Å². The minimum Gasteiger partial charge on any atom is -0.496 e. The molecule has 4 nitrogen and oxygen atoms in total. The van der Waals surface area contributed by atoms with Gasteiger partial charge in [-0.15, -0.1) is 0 Å². The summed E-state index contributed by atoms with van der Waals surface area (Å²) >= 11 is 0. The SMILES string of the molecule is COc1ccc(C)cc1C1(C(=O)O)CC(c2ccccc2)CO1. The fourth-order valence-corrected chi connectivity index (χ4v) is 3.24. The molecule has 0 aliphatic carbocycles. The zero-order valence-corrected chi connectivity index (χ0v) is 13.3. The van der Waals surface area contributed by atoms with E-state index in [1.54, 1.807) is 13.2 Å². The van der Waals surface area contributed by atoms with E-state index in [1.807, 2.05) is 49.4 Å². The Balaban J connectivity index is 2.03. The molecule has 2 atom stereocenters. The highest BCUT2D eigenvalue weighted by Crippen LogP contribution is 2.46. The van der Waals surface area contributed by atoms with Crippen molar-refractivity contribution in [2.45, 2.75) is 24.9 Å². The largest absolute Gasteiger partial charge is 0.496 e. The van der Waals surface area contributed by atoms with Crippen LogP contribution in [0.4, 0.5) is 0 Å². The predicted octanol–water partition coefficient (Wildman–Crippen LogP) is 3.49. The van der Waals surface area contributed by atoms with Crippen LogP contribution < -0.4 is 4.74 Å². The number of benzene rings is 2. The lowest BCUT2D eigenvalue weighted by atomic mass is 9.83. The summed E-state index contributed by atoms with van der Waals surface area (Å²) in [6.45, 7) is 2.32. The Bertz CT molecular complexity index is 711. The molecule has 23 heavy (non-hydrogen) atoms. The molecule has 0 bridgehead atoms. The van der Waals surface area contributed by atoms with Gasteiger partial charge in [0.15, 0.2) is 5.60 Å². The molecule has 3 rings (SSSR count). The van der Waals surface area contributed by atoms with Gasteiger partial charge >= 0.3 is 5.97 Å². The maximum atomic E-state index is 12.1. The van der Waals surface area contributed by atoms with Crippen molar-refractivity contribution in [2.24, 2.45) is 0 Å². The van der Waals surface area contributed by atoms with Gasteiger partial charge in [-0.05, 0) is 24.6 Å². The van der Waals surface area contributed by atoms with Gasteiger partial charge in [-0.25, -0.2) is 4.79 Å². The molecule has 120 valence electrons. The average Bonchev–Trinajstić information content (AvgIpc) is 3.02. The summed E-state index contributed by atoms with van der Waals surface area (Å²) < 4.78 is 11.3. The Morgan fingerprint density at radius 2 is 2.00 bits per heavy atom. The highest BCUT2D eigenvalue weighted by atomic mass is 16.5. The molecular formula is C19H20O4. The summed E-state index contributed by atoms with van der Waals surface area (Å²) in [4.78, 5) is 12.1. The molecule has 2 aromatic carbocycles. The maximum absolute atomic E-state index is 12.1. The number of carbonyl (C=O) groups is 1. The normalized spacial score (nSPS) is 23.7. The standard InChI is InChI=1S/C19H20O4/c1-13-8-9-17(22-2)16(10-13)19(18(20)21)11-15(12-23-19)14-6-4-3-5-7-14/h3-10,15H,11-12H2,1-2H3,(H,20,21). The number of rotatable bonds is 4. The van der Waals surface area contributed by atoms with Gasteiger partial charge in [0.2, 0.25) is 0 Å². The Hall–Kier alpha value is -2.33. The molecule has 1 heterocycles. The third-order valence-electron chi connectivity index (χ3n) is 4.47. The van der Waals surface area contributed by atoms with E-state index in [-0.39, 0.29) is 5.92 Å². The monoisotopic (exact) mass is 312 g/mol. The number of carboxylic acid groups (broad SMARTS) is 1. The van der Waals surface area contributed by atoms with Crippen LogP contribution in [0.5, 0.6) is 5.75 Å². The summed E-state index contributed by atoms with van der Waals surface area (Å²) in [7, 11) is 1.55. The first kappa shape index (κ1) is 15.6. The lowest BCUT2D eigenvalue weighted by molar-refractivity contribution is -0.161. The number of ether oxygens (including phenoxy) is 2. The zero-order chi connectivity index (χ0) is 16.4. The molecule has 0 aromatic heterocycles. The summed E-state index contributed by atoms with van der Waals surface area (Å²) in [5, 5.41) is 9.91. The number of hydrogen-bond donors (Lipinski definition) is 1. The van der Waals surface area contributed by atoms with E-state index < -0.39 is 11.6 Å². The van der Waals surface area contributed by atoms with Crippen molar-refractivity contribution in [3.8, 4) is 5.75 Å². The van der Waals surface area contributed by atoms with Gasteiger partial charge in [-0.1, -0.05) is 42.0 Å². The van der Waals surface area contributed by atoms with E-state index >= 15 is 0 Å². The molecule has 1 aliphatic heterocycles. The first-order valence-corrected chi connectivity index (χ1v) is 7.64. The highest BCUT2D eigenvalue weighted by Gasteiger charge is 2.50. The molecule has 1 aliphatic rings. The summed E-state index contributed by atoms with van der Waals surface area (Å²) in [6, 6.07) is 15.5. The Kier molecular flexibility index (Phi) is 4.09. The zero-order valence-electron chi connectivity index (χ0n) is 13.3. The third kappa shape index (κ3) is 2.70.